The van der Waals surface area contributed by atoms with Crippen molar-refractivity contribution in [3.63, 3.8) is 0 Å². The molecule has 1 fully saturated rings. The first kappa shape index (κ1) is 16.4. The van der Waals surface area contributed by atoms with Crippen LogP contribution in [0, 0.1) is 5.92 Å². The highest BCUT2D eigenvalue weighted by Crippen LogP contribution is 2.31. The fourth-order valence-corrected chi connectivity index (χ4v) is 2.39. The van der Waals surface area contributed by atoms with Gasteiger partial charge in [-0.25, -0.2) is 0 Å². The van der Waals surface area contributed by atoms with Gasteiger partial charge in [-0.1, -0.05) is 6.92 Å². The van der Waals surface area contributed by atoms with Crippen LogP contribution in [0.25, 0.3) is 0 Å². The van der Waals surface area contributed by atoms with Gasteiger partial charge in [0.15, 0.2) is 0 Å². The molecule has 19 heavy (non-hydrogen) atoms. The van der Waals surface area contributed by atoms with Crippen LogP contribution in [0.3, 0.4) is 0 Å². The lowest BCUT2D eigenvalue weighted by molar-refractivity contribution is -0.124. The highest BCUT2D eigenvalue weighted by molar-refractivity contribution is 5.81. The Morgan fingerprint density at radius 2 is 1.89 bits per heavy atom. The summed E-state index contributed by atoms with van der Waals surface area (Å²) in [6.07, 6.45) is 3.80. The predicted octanol–water partition coefficient (Wildman–Crippen LogP) is 1.82. The number of carbonyl (C=O) groups excluding carboxylic acids is 1. The summed E-state index contributed by atoms with van der Waals surface area (Å²) in [5, 5.41) is 16.6. The maximum Gasteiger partial charge on any atom is 0.237 e. The Hall–Kier alpha value is -0.610. The predicted molar refractivity (Wildman–Crippen MR) is 77.9 cm³/mol. The molecule has 112 valence electrons. The molecule has 1 unspecified atom stereocenters. The quantitative estimate of drug-likeness (QED) is 0.730. The van der Waals surface area contributed by atoms with Crippen LogP contribution in [0.15, 0.2) is 0 Å². The standard InChI is InChI=1S/C15H30N2O2/c1-11-6-8-15(19,9-7-11)10-16-12(2)13(18)17-14(3,4)5/h11-12,16,19H,6-10H2,1-5H3,(H,17,18). The summed E-state index contributed by atoms with van der Waals surface area (Å²) in [6, 6.07) is -0.275. The smallest absolute Gasteiger partial charge is 0.237 e. The molecule has 4 nitrogen and oxygen atoms in total. The summed E-state index contributed by atoms with van der Waals surface area (Å²) in [6.45, 7) is 10.5. The van der Waals surface area contributed by atoms with Crippen molar-refractivity contribution in [2.75, 3.05) is 6.54 Å². The number of amides is 1. The molecule has 0 spiro atoms. The Labute approximate surface area is 117 Å². The van der Waals surface area contributed by atoms with Gasteiger partial charge >= 0.3 is 0 Å². The van der Waals surface area contributed by atoms with Crippen LogP contribution in [0.4, 0.5) is 0 Å². The van der Waals surface area contributed by atoms with Gasteiger partial charge in [0.25, 0.3) is 0 Å². The fourth-order valence-electron chi connectivity index (χ4n) is 2.39. The second-order valence-electron chi connectivity index (χ2n) is 7.25. The summed E-state index contributed by atoms with van der Waals surface area (Å²) < 4.78 is 0. The van der Waals surface area contributed by atoms with Gasteiger partial charge in [-0.15, -0.1) is 0 Å². The van der Waals surface area contributed by atoms with Crippen LogP contribution in [0.5, 0.6) is 0 Å². The van der Waals surface area contributed by atoms with Crippen molar-refractivity contribution in [1.29, 1.82) is 0 Å². The van der Waals surface area contributed by atoms with Crippen molar-refractivity contribution in [1.82, 2.24) is 10.6 Å². The fraction of sp³-hybridized carbons (Fsp3) is 0.933. The Kier molecular flexibility index (Phi) is 5.39. The number of hydrogen-bond acceptors (Lipinski definition) is 3. The molecular weight excluding hydrogens is 240 g/mol. The van der Waals surface area contributed by atoms with Gasteiger partial charge in [-0.2, -0.15) is 0 Å². The van der Waals surface area contributed by atoms with E-state index in [4.69, 9.17) is 0 Å². The first-order valence-corrected chi connectivity index (χ1v) is 7.39. The van der Waals surface area contributed by atoms with Crippen LogP contribution in [0.2, 0.25) is 0 Å². The SMILES string of the molecule is CC1CCC(O)(CNC(C)C(=O)NC(C)(C)C)CC1. The molecule has 0 aromatic rings. The molecule has 4 heteroatoms. The lowest BCUT2D eigenvalue weighted by atomic mass is 9.79. The van der Waals surface area contributed by atoms with E-state index in [0.29, 0.717) is 12.5 Å². The van der Waals surface area contributed by atoms with Gasteiger partial charge in [0.05, 0.1) is 11.6 Å². The van der Waals surface area contributed by atoms with Crippen molar-refractivity contribution in [3.8, 4) is 0 Å². The summed E-state index contributed by atoms with van der Waals surface area (Å²) in [5.41, 5.74) is -0.854. The van der Waals surface area contributed by atoms with Gasteiger partial charge in [-0.05, 0) is 59.3 Å². The van der Waals surface area contributed by atoms with E-state index < -0.39 is 5.60 Å². The average molecular weight is 270 g/mol. The number of aliphatic hydroxyl groups is 1. The highest BCUT2D eigenvalue weighted by atomic mass is 16.3. The zero-order chi connectivity index (χ0) is 14.7. The van der Waals surface area contributed by atoms with Gasteiger partial charge in [0.1, 0.15) is 0 Å². The van der Waals surface area contributed by atoms with E-state index in [0.717, 1.165) is 25.7 Å². The number of carbonyl (C=O) groups is 1. The highest BCUT2D eigenvalue weighted by Gasteiger charge is 2.32. The van der Waals surface area contributed by atoms with E-state index in [-0.39, 0.29) is 17.5 Å². The average Bonchev–Trinajstić information content (AvgIpc) is 2.28. The van der Waals surface area contributed by atoms with Crippen molar-refractivity contribution >= 4 is 5.91 Å². The lowest BCUT2D eigenvalue weighted by Gasteiger charge is -2.36. The zero-order valence-corrected chi connectivity index (χ0v) is 13.0. The second kappa shape index (κ2) is 6.23. The number of nitrogens with one attached hydrogen (secondary N) is 2. The molecule has 1 amide bonds. The molecule has 1 aliphatic carbocycles. The van der Waals surface area contributed by atoms with Crippen molar-refractivity contribution in [3.05, 3.63) is 0 Å². The normalized spacial score (nSPS) is 29.9. The first-order chi connectivity index (χ1) is 8.61. The second-order valence-corrected chi connectivity index (χ2v) is 7.25. The monoisotopic (exact) mass is 270 g/mol. The first-order valence-electron chi connectivity index (χ1n) is 7.39. The van der Waals surface area contributed by atoms with Crippen molar-refractivity contribution in [2.24, 2.45) is 5.92 Å². The van der Waals surface area contributed by atoms with Crippen LogP contribution >= 0.6 is 0 Å². The number of rotatable bonds is 4. The van der Waals surface area contributed by atoms with Gasteiger partial charge in [-0.3, -0.25) is 4.79 Å². The van der Waals surface area contributed by atoms with E-state index in [9.17, 15) is 9.90 Å². The van der Waals surface area contributed by atoms with Crippen LogP contribution in [-0.2, 0) is 4.79 Å². The summed E-state index contributed by atoms with van der Waals surface area (Å²) in [7, 11) is 0. The summed E-state index contributed by atoms with van der Waals surface area (Å²) >= 11 is 0. The Morgan fingerprint density at radius 1 is 1.37 bits per heavy atom. The molecule has 3 N–H and O–H groups in total. The minimum atomic E-state index is -0.636. The maximum atomic E-state index is 11.9. The molecule has 0 aromatic heterocycles. The van der Waals surface area contributed by atoms with E-state index in [1.54, 1.807) is 0 Å². The molecule has 0 aliphatic heterocycles. The molecule has 0 radical (unpaired) electrons. The van der Waals surface area contributed by atoms with Gasteiger partial charge < -0.3 is 15.7 Å². The molecule has 0 saturated heterocycles. The van der Waals surface area contributed by atoms with Crippen LogP contribution < -0.4 is 10.6 Å². The van der Waals surface area contributed by atoms with Crippen LogP contribution in [0.1, 0.15) is 60.3 Å². The maximum absolute atomic E-state index is 11.9. The molecule has 1 saturated carbocycles. The molecule has 1 atom stereocenters. The van der Waals surface area contributed by atoms with Gasteiger partial charge in [0.2, 0.25) is 5.91 Å². The Bertz CT molecular complexity index is 302. The van der Waals surface area contributed by atoms with E-state index in [2.05, 4.69) is 17.6 Å². The molecule has 0 aromatic carbocycles. The zero-order valence-electron chi connectivity index (χ0n) is 13.0. The Morgan fingerprint density at radius 3 is 2.37 bits per heavy atom. The van der Waals surface area contributed by atoms with Crippen molar-refractivity contribution in [2.45, 2.75) is 77.5 Å². The largest absolute Gasteiger partial charge is 0.389 e. The molecule has 0 bridgehead atoms. The van der Waals surface area contributed by atoms with Gasteiger partial charge in [0, 0.05) is 12.1 Å². The van der Waals surface area contributed by atoms with Crippen molar-refractivity contribution < 1.29 is 9.90 Å². The topological polar surface area (TPSA) is 61.4 Å². The summed E-state index contributed by atoms with van der Waals surface area (Å²) in [4.78, 5) is 11.9. The minimum absolute atomic E-state index is 0.0136. The Balaban J connectivity index is 2.37. The molecule has 1 rings (SSSR count). The van der Waals surface area contributed by atoms with E-state index in [1.165, 1.54) is 0 Å². The third-order valence-electron chi connectivity index (χ3n) is 3.83. The third-order valence-corrected chi connectivity index (χ3v) is 3.83. The number of hydrogen-bond donors (Lipinski definition) is 3. The summed E-state index contributed by atoms with van der Waals surface area (Å²) in [5.74, 6) is 0.696. The molecular formula is C15H30N2O2. The van der Waals surface area contributed by atoms with E-state index in [1.807, 2.05) is 27.7 Å². The third kappa shape index (κ3) is 5.91. The molecule has 1 aliphatic rings. The lowest BCUT2D eigenvalue weighted by Crippen LogP contribution is -2.53. The van der Waals surface area contributed by atoms with E-state index >= 15 is 0 Å². The molecule has 0 heterocycles. The minimum Gasteiger partial charge on any atom is -0.389 e. The van der Waals surface area contributed by atoms with Crippen LogP contribution in [-0.4, -0.2) is 34.7 Å².